The lowest BCUT2D eigenvalue weighted by Crippen LogP contribution is -1.98. The molecule has 3 heterocycles. The molecule has 5 aromatic rings. The number of non-ortho nitro benzene ring substituents is 1. The lowest BCUT2D eigenvalue weighted by Gasteiger charge is -2.12. The van der Waals surface area contributed by atoms with Gasteiger partial charge in [0, 0.05) is 41.3 Å². The molecule has 1 aliphatic rings. The third-order valence-corrected chi connectivity index (χ3v) is 5.74. The summed E-state index contributed by atoms with van der Waals surface area (Å²) in [4.78, 5) is 19.3. The first-order valence-electron chi connectivity index (χ1n) is 11.2. The summed E-state index contributed by atoms with van der Waals surface area (Å²) in [6.07, 6.45) is 4.10. The fourth-order valence-corrected chi connectivity index (χ4v) is 3.95. The molecule has 0 bridgehead atoms. The molecule has 0 saturated carbocycles. The Kier molecular flexibility index (Phi) is 5.34. The Morgan fingerprint density at radius 2 is 1.78 bits per heavy atom. The largest absolute Gasteiger partial charge is 0.490 e. The van der Waals surface area contributed by atoms with Crippen LogP contribution in [0.2, 0.25) is 0 Å². The van der Waals surface area contributed by atoms with Crippen LogP contribution in [-0.4, -0.2) is 43.1 Å². The Labute approximate surface area is 204 Å². The van der Waals surface area contributed by atoms with Gasteiger partial charge in [-0.25, -0.2) is 14.6 Å². The highest BCUT2D eigenvalue weighted by atomic mass is 16.6. The van der Waals surface area contributed by atoms with E-state index in [-0.39, 0.29) is 5.69 Å². The Hall–Kier alpha value is -5.06. The predicted octanol–water partition coefficient (Wildman–Crippen LogP) is 4.69. The maximum Gasteiger partial charge on any atom is 0.269 e. The van der Waals surface area contributed by atoms with Gasteiger partial charge >= 0.3 is 0 Å². The molecule has 0 fully saturated rings. The minimum Gasteiger partial charge on any atom is -0.490 e. The molecule has 36 heavy (non-hydrogen) atoms. The minimum atomic E-state index is -0.438. The zero-order valence-electron chi connectivity index (χ0n) is 18.9. The van der Waals surface area contributed by atoms with Crippen LogP contribution >= 0.6 is 0 Å². The molecule has 1 aliphatic heterocycles. The second-order valence-corrected chi connectivity index (χ2v) is 8.12. The number of nitrogens with zero attached hydrogens (tertiary/aromatic N) is 6. The predicted molar refractivity (Wildman–Crippen MR) is 132 cm³/mol. The fourth-order valence-electron chi connectivity index (χ4n) is 3.95. The van der Waals surface area contributed by atoms with Crippen molar-refractivity contribution < 1.29 is 14.4 Å². The number of nitrogens with one attached hydrogen (secondary N) is 1. The monoisotopic (exact) mass is 481 g/mol. The van der Waals surface area contributed by atoms with Gasteiger partial charge < -0.3 is 14.8 Å². The Bertz CT molecular complexity index is 1580. The van der Waals surface area contributed by atoms with E-state index in [1.54, 1.807) is 23.0 Å². The van der Waals surface area contributed by atoms with Gasteiger partial charge in [-0.3, -0.25) is 10.1 Å². The van der Waals surface area contributed by atoms with Crippen LogP contribution in [-0.2, 0) is 0 Å². The van der Waals surface area contributed by atoms with Crippen molar-refractivity contribution in [3.63, 3.8) is 0 Å². The number of fused-ring (bicyclic) bond motifs is 2. The molecule has 0 aliphatic carbocycles. The van der Waals surface area contributed by atoms with Crippen LogP contribution in [0.25, 0.3) is 27.8 Å². The van der Waals surface area contributed by atoms with Crippen LogP contribution in [0, 0.1) is 10.1 Å². The maximum atomic E-state index is 10.9. The Balaban J connectivity index is 1.28. The zero-order chi connectivity index (χ0) is 24.5. The summed E-state index contributed by atoms with van der Waals surface area (Å²) in [5.74, 6) is 2.00. The average molecular weight is 481 g/mol. The van der Waals surface area contributed by atoms with E-state index >= 15 is 0 Å². The SMILES string of the molecule is O=[N+]([O-])c1ccc(-n2cc(-c3cccc(Nc4ncnc5cc6c(cc45)OCCCO6)c3)nn2)cc1. The van der Waals surface area contributed by atoms with E-state index in [0.29, 0.717) is 41.9 Å². The van der Waals surface area contributed by atoms with Gasteiger partial charge in [0.1, 0.15) is 17.8 Å². The van der Waals surface area contributed by atoms with Gasteiger partial charge in [-0.1, -0.05) is 17.3 Å². The summed E-state index contributed by atoms with van der Waals surface area (Å²) in [6.45, 7) is 1.20. The van der Waals surface area contributed by atoms with Crippen LogP contribution in [0.3, 0.4) is 0 Å². The summed E-state index contributed by atoms with van der Waals surface area (Å²) in [7, 11) is 0. The van der Waals surface area contributed by atoms with Crippen molar-refractivity contribution in [2.75, 3.05) is 18.5 Å². The standard InChI is InChI=1S/C25H19N7O4/c33-32(34)19-7-5-18(6-8-19)31-14-22(29-30-31)16-3-1-4-17(11-16)28-25-20-12-23-24(36-10-2-9-35-23)13-21(20)26-15-27-25/h1,3-8,11-15H,2,9-10H2,(H,26,27,28). The zero-order valence-corrected chi connectivity index (χ0v) is 18.9. The summed E-state index contributed by atoms with van der Waals surface area (Å²) in [5, 5.41) is 23.5. The first-order chi connectivity index (χ1) is 17.6. The third-order valence-electron chi connectivity index (χ3n) is 5.74. The number of benzene rings is 3. The number of nitro benzene ring substituents is 1. The minimum absolute atomic E-state index is 0.0188. The van der Waals surface area contributed by atoms with E-state index in [0.717, 1.165) is 28.6 Å². The lowest BCUT2D eigenvalue weighted by atomic mass is 10.1. The van der Waals surface area contributed by atoms with Crippen LogP contribution in [0.15, 0.2) is 73.2 Å². The van der Waals surface area contributed by atoms with E-state index in [1.165, 1.54) is 18.5 Å². The van der Waals surface area contributed by atoms with E-state index in [9.17, 15) is 10.1 Å². The van der Waals surface area contributed by atoms with Gasteiger partial charge in [0.05, 0.1) is 35.5 Å². The number of anilines is 2. The van der Waals surface area contributed by atoms with E-state index in [1.807, 2.05) is 36.4 Å². The summed E-state index contributed by atoms with van der Waals surface area (Å²) in [6, 6.07) is 17.6. The number of hydrogen-bond acceptors (Lipinski definition) is 9. The maximum absolute atomic E-state index is 10.9. The number of ether oxygens (including phenoxy) is 2. The Morgan fingerprint density at radius 3 is 2.58 bits per heavy atom. The smallest absolute Gasteiger partial charge is 0.269 e. The topological polar surface area (TPSA) is 130 Å². The van der Waals surface area contributed by atoms with Crippen LogP contribution < -0.4 is 14.8 Å². The Morgan fingerprint density at radius 1 is 0.972 bits per heavy atom. The van der Waals surface area contributed by atoms with Gasteiger partial charge in [0.2, 0.25) is 0 Å². The second-order valence-electron chi connectivity index (χ2n) is 8.12. The molecule has 6 rings (SSSR count). The number of nitro groups is 1. The fraction of sp³-hybridized carbons (Fsp3) is 0.120. The molecule has 0 atom stereocenters. The summed E-state index contributed by atoms with van der Waals surface area (Å²) < 4.78 is 13.2. The van der Waals surface area contributed by atoms with Gasteiger partial charge in [-0.2, -0.15) is 0 Å². The van der Waals surface area contributed by atoms with Crippen LogP contribution in [0.1, 0.15) is 6.42 Å². The van der Waals surface area contributed by atoms with Crippen molar-refractivity contribution >= 4 is 28.1 Å². The molecular formula is C25H19N7O4. The molecular weight excluding hydrogens is 462 g/mol. The van der Waals surface area contributed by atoms with Crippen LogP contribution in [0.4, 0.5) is 17.2 Å². The molecule has 11 heteroatoms. The molecule has 3 aromatic carbocycles. The molecule has 0 radical (unpaired) electrons. The van der Waals surface area contributed by atoms with Gasteiger partial charge in [0.15, 0.2) is 11.5 Å². The first-order valence-corrected chi connectivity index (χ1v) is 11.2. The highest BCUT2D eigenvalue weighted by molar-refractivity contribution is 5.93. The van der Waals surface area contributed by atoms with Crippen molar-refractivity contribution in [2.45, 2.75) is 6.42 Å². The van der Waals surface area contributed by atoms with Crippen molar-refractivity contribution in [1.82, 2.24) is 25.0 Å². The van der Waals surface area contributed by atoms with Crippen LogP contribution in [0.5, 0.6) is 11.5 Å². The van der Waals surface area contributed by atoms with E-state index < -0.39 is 4.92 Å². The molecule has 0 amide bonds. The summed E-state index contributed by atoms with van der Waals surface area (Å²) >= 11 is 0. The summed E-state index contributed by atoms with van der Waals surface area (Å²) in [5.41, 5.74) is 3.75. The lowest BCUT2D eigenvalue weighted by molar-refractivity contribution is -0.384. The number of aromatic nitrogens is 5. The molecule has 0 unspecified atom stereocenters. The van der Waals surface area contributed by atoms with E-state index in [2.05, 4.69) is 25.6 Å². The average Bonchev–Trinajstić information content (AvgIpc) is 3.28. The molecule has 0 spiro atoms. The quantitative estimate of drug-likeness (QED) is 0.280. The van der Waals surface area contributed by atoms with Gasteiger partial charge in [-0.05, 0) is 30.3 Å². The van der Waals surface area contributed by atoms with Crippen molar-refractivity contribution in [2.24, 2.45) is 0 Å². The normalized spacial score (nSPS) is 12.8. The molecule has 2 aromatic heterocycles. The molecule has 1 N–H and O–H groups in total. The van der Waals surface area contributed by atoms with E-state index in [4.69, 9.17) is 9.47 Å². The molecule has 11 nitrogen and oxygen atoms in total. The first kappa shape index (κ1) is 21.5. The second kappa shape index (κ2) is 8.95. The molecule has 0 saturated heterocycles. The van der Waals surface area contributed by atoms with Gasteiger partial charge in [-0.15, -0.1) is 5.10 Å². The highest BCUT2D eigenvalue weighted by Gasteiger charge is 2.15. The number of hydrogen-bond donors (Lipinski definition) is 1. The van der Waals surface area contributed by atoms with Crippen molar-refractivity contribution in [1.29, 1.82) is 0 Å². The molecule has 178 valence electrons. The third kappa shape index (κ3) is 4.13. The number of rotatable bonds is 5. The van der Waals surface area contributed by atoms with Gasteiger partial charge in [0.25, 0.3) is 5.69 Å². The highest BCUT2D eigenvalue weighted by Crippen LogP contribution is 2.36. The van der Waals surface area contributed by atoms with Crippen molar-refractivity contribution in [3.05, 3.63) is 83.3 Å². The van der Waals surface area contributed by atoms with Crippen molar-refractivity contribution in [3.8, 4) is 28.4 Å².